The van der Waals surface area contributed by atoms with Crippen LogP contribution in [-0.4, -0.2) is 46.2 Å². The van der Waals surface area contributed by atoms with E-state index >= 15 is 0 Å². The molecule has 0 aliphatic heterocycles. The van der Waals surface area contributed by atoms with Crippen LogP contribution in [0.5, 0.6) is 0 Å². The van der Waals surface area contributed by atoms with E-state index in [0.29, 0.717) is 11.5 Å². The molecule has 0 bridgehead atoms. The largest absolute Gasteiger partial charge is 0.370 e. The van der Waals surface area contributed by atoms with E-state index in [0.717, 1.165) is 19.6 Å². The van der Waals surface area contributed by atoms with Crippen molar-refractivity contribution in [3.8, 4) is 0 Å². The molecule has 14 heavy (non-hydrogen) atoms. The van der Waals surface area contributed by atoms with E-state index in [-0.39, 0.29) is 12.3 Å². The molecule has 0 aliphatic carbocycles. The number of hydrogen-bond acceptors (Lipinski definition) is 3. The van der Waals surface area contributed by atoms with Crippen LogP contribution >= 0.6 is 0 Å². The Labute approximate surface area is 88.3 Å². The van der Waals surface area contributed by atoms with E-state index in [1.807, 2.05) is 0 Å². The van der Waals surface area contributed by atoms with Crippen molar-refractivity contribution in [1.29, 1.82) is 0 Å². The Balaban J connectivity index is 3.57. The Morgan fingerprint density at radius 2 is 1.86 bits per heavy atom. The number of rotatable bonds is 8. The zero-order chi connectivity index (χ0) is 11.0. The molecule has 0 aromatic heterocycles. The molecule has 0 aromatic carbocycles. The van der Waals surface area contributed by atoms with Crippen LogP contribution in [0.3, 0.4) is 0 Å². The number of carbonyl (C=O) groups excluding carboxylic acids is 1. The Kier molecular flexibility index (Phi) is 7.70. The lowest BCUT2D eigenvalue weighted by Crippen LogP contribution is -2.28. The normalized spacial score (nSPS) is 13.1. The molecule has 0 spiro atoms. The molecule has 0 heterocycles. The van der Waals surface area contributed by atoms with Gasteiger partial charge in [0.15, 0.2) is 0 Å². The van der Waals surface area contributed by atoms with Gasteiger partial charge in [-0.2, -0.15) is 0 Å². The average Bonchev–Trinajstić information content (AvgIpc) is 2.16. The Bertz CT molecular complexity index is 193. The van der Waals surface area contributed by atoms with Crippen molar-refractivity contribution in [2.75, 3.05) is 31.1 Å². The van der Waals surface area contributed by atoms with Gasteiger partial charge in [-0.3, -0.25) is 9.00 Å². The lowest BCUT2D eigenvalue weighted by Gasteiger charge is -2.17. The van der Waals surface area contributed by atoms with Crippen LogP contribution in [0, 0.1) is 0 Å². The molecule has 1 atom stereocenters. The summed E-state index contributed by atoms with van der Waals surface area (Å²) in [7, 11) is -0.907. The molecule has 5 heteroatoms. The van der Waals surface area contributed by atoms with Crippen LogP contribution in [0.1, 0.15) is 20.3 Å². The van der Waals surface area contributed by atoms with Gasteiger partial charge in [0.2, 0.25) is 5.91 Å². The second kappa shape index (κ2) is 7.94. The predicted molar refractivity (Wildman–Crippen MR) is 59.5 cm³/mol. The van der Waals surface area contributed by atoms with Gasteiger partial charge in [-0.15, -0.1) is 0 Å². The Hall–Kier alpha value is -0.420. The lowest BCUT2D eigenvalue weighted by molar-refractivity contribution is -0.117. The van der Waals surface area contributed by atoms with Crippen molar-refractivity contribution >= 4 is 16.7 Å². The maximum atomic E-state index is 11.4. The van der Waals surface area contributed by atoms with Gasteiger partial charge in [0.1, 0.15) is 0 Å². The van der Waals surface area contributed by atoms with Gasteiger partial charge in [-0.05, 0) is 13.1 Å². The predicted octanol–water partition coefficient (Wildman–Crippen LogP) is -0.0477. The maximum Gasteiger partial charge on any atom is 0.218 e. The molecule has 0 radical (unpaired) electrons. The summed E-state index contributed by atoms with van der Waals surface area (Å²) in [5.74, 6) is 0.659. The van der Waals surface area contributed by atoms with Gasteiger partial charge in [0, 0.05) is 35.3 Å². The molecule has 1 unspecified atom stereocenters. The number of amides is 1. The zero-order valence-corrected chi connectivity index (χ0v) is 9.81. The van der Waals surface area contributed by atoms with Crippen molar-refractivity contribution in [1.82, 2.24) is 4.90 Å². The second-order valence-corrected chi connectivity index (χ2v) is 4.79. The lowest BCUT2D eigenvalue weighted by atomic mass is 10.5. The monoisotopic (exact) mass is 220 g/mol. The molecular formula is C9H20N2O2S. The highest BCUT2D eigenvalue weighted by molar-refractivity contribution is 7.85. The summed E-state index contributed by atoms with van der Waals surface area (Å²) >= 11 is 0. The van der Waals surface area contributed by atoms with Crippen LogP contribution in [-0.2, 0) is 15.6 Å². The van der Waals surface area contributed by atoms with E-state index < -0.39 is 10.8 Å². The minimum Gasteiger partial charge on any atom is -0.370 e. The molecule has 0 rings (SSSR count). The molecule has 4 nitrogen and oxygen atoms in total. The molecular weight excluding hydrogens is 200 g/mol. The topological polar surface area (TPSA) is 63.4 Å². The van der Waals surface area contributed by atoms with Crippen molar-refractivity contribution in [2.45, 2.75) is 20.3 Å². The molecule has 0 saturated carbocycles. The fraction of sp³-hybridized carbons (Fsp3) is 0.889. The standard InChI is InChI=1S/C9H20N2O2S/c1-3-11(4-2)6-8-14(13)7-5-9(10)12/h3-8H2,1-2H3,(H2,10,12). The summed E-state index contributed by atoms with van der Waals surface area (Å²) in [4.78, 5) is 12.6. The number of nitrogens with two attached hydrogens (primary N) is 1. The molecule has 84 valence electrons. The summed E-state index contributed by atoms with van der Waals surface area (Å²) in [6.07, 6.45) is 0.227. The van der Waals surface area contributed by atoms with Crippen molar-refractivity contribution in [2.24, 2.45) is 5.73 Å². The first-order valence-corrected chi connectivity index (χ1v) is 6.44. The average molecular weight is 220 g/mol. The number of carbonyl (C=O) groups is 1. The zero-order valence-electron chi connectivity index (χ0n) is 8.99. The fourth-order valence-corrected chi connectivity index (χ4v) is 2.18. The fourth-order valence-electron chi connectivity index (χ4n) is 1.09. The number of primary amides is 1. The summed E-state index contributed by atoms with van der Waals surface area (Å²) in [5, 5.41) is 0. The van der Waals surface area contributed by atoms with Gasteiger partial charge < -0.3 is 10.6 Å². The number of nitrogens with zero attached hydrogens (tertiary/aromatic N) is 1. The Morgan fingerprint density at radius 1 is 1.29 bits per heavy atom. The van der Waals surface area contributed by atoms with Crippen molar-refractivity contribution in [3.05, 3.63) is 0 Å². The highest BCUT2D eigenvalue weighted by Crippen LogP contribution is 1.92. The molecule has 0 saturated heterocycles. The molecule has 0 aromatic rings. The van der Waals surface area contributed by atoms with Gasteiger partial charge in [-0.1, -0.05) is 13.8 Å². The van der Waals surface area contributed by atoms with Crippen LogP contribution in [0.25, 0.3) is 0 Å². The minimum atomic E-state index is -0.907. The maximum absolute atomic E-state index is 11.4. The summed E-state index contributed by atoms with van der Waals surface area (Å²) < 4.78 is 11.4. The third-order valence-electron chi connectivity index (χ3n) is 2.11. The molecule has 0 fully saturated rings. The van der Waals surface area contributed by atoms with E-state index in [1.165, 1.54) is 0 Å². The highest BCUT2D eigenvalue weighted by atomic mass is 32.2. The number of hydrogen-bond donors (Lipinski definition) is 1. The highest BCUT2D eigenvalue weighted by Gasteiger charge is 2.05. The third-order valence-corrected chi connectivity index (χ3v) is 3.40. The third kappa shape index (κ3) is 7.03. The first kappa shape index (κ1) is 13.6. The molecule has 1 amide bonds. The van der Waals surface area contributed by atoms with E-state index in [9.17, 15) is 9.00 Å². The summed E-state index contributed by atoms with van der Waals surface area (Å²) in [6.45, 7) is 6.94. The minimum absolute atomic E-state index is 0.227. The van der Waals surface area contributed by atoms with Crippen LogP contribution < -0.4 is 5.73 Å². The van der Waals surface area contributed by atoms with Gasteiger partial charge >= 0.3 is 0 Å². The van der Waals surface area contributed by atoms with E-state index in [4.69, 9.17) is 5.73 Å². The van der Waals surface area contributed by atoms with Crippen molar-refractivity contribution < 1.29 is 9.00 Å². The molecule has 2 N–H and O–H groups in total. The van der Waals surface area contributed by atoms with E-state index in [2.05, 4.69) is 18.7 Å². The smallest absolute Gasteiger partial charge is 0.218 e. The van der Waals surface area contributed by atoms with Gasteiger partial charge in [-0.25, -0.2) is 0 Å². The first-order valence-electron chi connectivity index (χ1n) is 4.95. The SMILES string of the molecule is CCN(CC)CCS(=O)CCC(N)=O. The van der Waals surface area contributed by atoms with Crippen LogP contribution in [0.2, 0.25) is 0 Å². The summed E-state index contributed by atoms with van der Waals surface area (Å²) in [5.41, 5.74) is 4.97. The first-order chi connectivity index (χ1) is 6.60. The summed E-state index contributed by atoms with van der Waals surface area (Å²) in [6, 6.07) is 0. The second-order valence-electron chi connectivity index (χ2n) is 3.09. The van der Waals surface area contributed by atoms with Gasteiger partial charge in [0.05, 0.1) is 0 Å². The van der Waals surface area contributed by atoms with Crippen LogP contribution in [0.15, 0.2) is 0 Å². The quantitative estimate of drug-likeness (QED) is 0.624. The van der Waals surface area contributed by atoms with Crippen molar-refractivity contribution in [3.63, 3.8) is 0 Å². The van der Waals surface area contributed by atoms with E-state index in [1.54, 1.807) is 0 Å². The Morgan fingerprint density at radius 3 is 2.29 bits per heavy atom. The molecule has 0 aliphatic rings. The van der Waals surface area contributed by atoms with Crippen LogP contribution in [0.4, 0.5) is 0 Å². The van der Waals surface area contributed by atoms with Gasteiger partial charge in [0.25, 0.3) is 0 Å².